The van der Waals surface area contributed by atoms with Crippen molar-refractivity contribution in [1.29, 1.82) is 0 Å². The lowest BCUT2D eigenvalue weighted by molar-refractivity contribution is -0.134. The molecule has 1 aliphatic carbocycles. The number of amides is 2. The Morgan fingerprint density at radius 3 is 2.75 bits per heavy atom. The summed E-state index contributed by atoms with van der Waals surface area (Å²) in [7, 11) is 0. The molecule has 1 aliphatic heterocycles. The highest BCUT2D eigenvalue weighted by Gasteiger charge is 2.39. The molecule has 0 spiro atoms. The number of hydrogen-bond acceptors (Lipinski definition) is 3. The van der Waals surface area contributed by atoms with Crippen molar-refractivity contribution in [2.75, 3.05) is 13.1 Å². The van der Waals surface area contributed by atoms with Crippen LogP contribution in [-0.2, 0) is 16.0 Å². The van der Waals surface area contributed by atoms with Gasteiger partial charge in [0.05, 0.1) is 6.04 Å². The summed E-state index contributed by atoms with van der Waals surface area (Å²) in [6.45, 7) is 8.79. The molecule has 2 aromatic carbocycles. The van der Waals surface area contributed by atoms with E-state index in [9.17, 15) is 9.59 Å². The lowest BCUT2D eigenvalue weighted by Crippen LogP contribution is -2.41. The number of carbonyl (C=O) groups excluding carboxylic acids is 2. The van der Waals surface area contributed by atoms with Gasteiger partial charge in [-0.2, -0.15) is 0 Å². The van der Waals surface area contributed by atoms with Gasteiger partial charge in [0.25, 0.3) is 5.91 Å². The second-order valence-corrected chi connectivity index (χ2v) is 8.78. The molecule has 2 amide bonds. The first kappa shape index (κ1) is 22.1. The zero-order valence-electron chi connectivity index (χ0n) is 19.0. The van der Waals surface area contributed by atoms with Crippen molar-refractivity contribution in [3.63, 3.8) is 0 Å². The highest BCUT2D eigenvalue weighted by atomic mass is 16.5. The lowest BCUT2D eigenvalue weighted by atomic mass is 9.87. The topological polar surface area (TPSA) is 58.6 Å². The fraction of sp³-hybridized carbons (Fsp3) is 0.407. The third kappa shape index (κ3) is 4.72. The average molecular weight is 433 g/mol. The van der Waals surface area contributed by atoms with Gasteiger partial charge in [0.1, 0.15) is 5.75 Å². The molecule has 0 aromatic heterocycles. The van der Waals surface area contributed by atoms with E-state index in [2.05, 4.69) is 49.2 Å². The fourth-order valence-electron chi connectivity index (χ4n) is 4.44. The summed E-state index contributed by atoms with van der Waals surface area (Å²) in [6, 6.07) is 14.3. The number of nitrogens with zero attached hydrogens (tertiary/aromatic N) is 1. The Kier molecular flexibility index (Phi) is 6.63. The minimum atomic E-state index is -0.571. The molecular weight excluding hydrogens is 400 g/mol. The molecule has 1 fully saturated rings. The van der Waals surface area contributed by atoms with Crippen molar-refractivity contribution in [3.05, 3.63) is 77.4 Å². The van der Waals surface area contributed by atoms with Crippen LogP contribution in [0.4, 0.5) is 0 Å². The highest BCUT2D eigenvalue weighted by molar-refractivity contribution is 5.82. The molecule has 168 valence electrons. The molecule has 2 aliphatic rings. The van der Waals surface area contributed by atoms with Crippen LogP contribution in [0, 0.1) is 12.8 Å². The van der Waals surface area contributed by atoms with Gasteiger partial charge in [-0.1, -0.05) is 48.9 Å². The largest absolute Gasteiger partial charge is 0.481 e. The Hall–Kier alpha value is -3.08. The summed E-state index contributed by atoms with van der Waals surface area (Å²) in [5.74, 6) is 0.929. The van der Waals surface area contributed by atoms with Crippen LogP contribution in [0.15, 0.2) is 55.1 Å². The van der Waals surface area contributed by atoms with E-state index in [0.717, 1.165) is 36.9 Å². The SMILES string of the molecule is C=CCNC(=O)[C@@H](CC)Oc1ccc2c(c1)[C@@H](c1cccc(C)c1)N(C(=O)C1CC1)CC2. The van der Waals surface area contributed by atoms with Crippen LogP contribution in [0.5, 0.6) is 5.75 Å². The minimum absolute atomic E-state index is 0.134. The molecular formula is C27H32N2O3. The number of hydrogen-bond donors (Lipinski definition) is 1. The van der Waals surface area contributed by atoms with Gasteiger partial charge in [-0.3, -0.25) is 9.59 Å². The Balaban J connectivity index is 1.68. The van der Waals surface area contributed by atoms with E-state index in [1.54, 1.807) is 6.08 Å². The number of fused-ring (bicyclic) bond motifs is 1. The van der Waals surface area contributed by atoms with E-state index in [-0.39, 0.29) is 23.8 Å². The number of rotatable bonds is 8. The van der Waals surface area contributed by atoms with E-state index >= 15 is 0 Å². The normalized spacial score (nSPS) is 18.4. The van der Waals surface area contributed by atoms with Gasteiger partial charge in [0, 0.05) is 19.0 Å². The fourth-order valence-corrected chi connectivity index (χ4v) is 4.44. The Morgan fingerprint density at radius 2 is 2.06 bits per heavy atom. The van der Waals surface area contributed by atoms with Gasteiger partial charge in [0.15, 0.2) is 6.10 Å². The average Bonchev–Trinajstić information content (AvgIpc) is 3.65. The van der Waals surface area contributed by atoms with Crippen molar-refractivity contribution in [1.82, 2.24) is 10.2 Å². The van der Waals surface area contributed by atoms with E-state index in [1.807, 2.05) is 24.0 Å². The van der Waals surface area contributed by atoms with Crippen LogP contribution in [0.3, 0.4) is 0 Å². The Morgan fingerprint density at radius 1 is 1.25 bits per heavy atom. The second kappa shape index (κ2) is 9.60. The number of benzene rings is 2. The van der Waals surface area contributed by atoms with Crippen LogP contribution in [-0.4, -0.2) is 35.9 Å². The summed E-state index contributed by atoms with van der Waals surface area (Å²) < 4.78 is 6.10. The van der Waals surface area contributed by atoms with E-state index in [1.165, 1.54) is 11.1 Å². The second-order valence-electron chi connectivity index (χ2n) is 8.78. The Bertz CT molecular complexity index is 1010. The molecule has 1 heterocycles. The molecule has 0 radical (unpaired) electrons. The summed E-state index contributed by atoms with van der Waals surface area (Å²) in [4.78, 5) is 27.7. The standard InChI is InChI=1S/C27H32N2O3/c1-4-14-28-26(30)24(5-2)32-22-12-11-19-13-15-29(27(31)20-9-10-20)25(23(19)17-22)21-8-6-7-18(3)16-21/h4,6-8,11-12,16-17,20,24-25H,1,5,9-10,13-15H2,2-3H3,(H,28,30)/t24-,25-/m1/s1. The van der Waals surface area contributed by atoms with Crippen molar-refractivity contribution in [3.8, 4) is 5.75 Å². The minimum Gasteiger partial charge on any atom is -0.481 e. The quantitative estimate of drug-likeness (QED) is 0.632. The molecule has 5 nitrogen and oxygen atoms in total. The molecule has 2 atom stereocenters. The van der Waals surface area contributed by atoms with Crippen LogP contribution in [0.25, 0.3) is 0 Å². The summed E-state index contributed by atoms with van der Waals surface area (Å²) in [5.41, 5.74) is 4.61. The first-order valence-electron chi connectivity index (χ1n) is 11.6. The number of nitrogens with one attached hydrogen (secondary N) is 1. The summed E-state index contributed by atoms with van der Waals surface area (Å²) >= 11 is 0. The van der Waals surface area contributed by atoms with Gasteiger partial charge >= 0.3 is 0 Å². The summed E-state index contributed by atoms with van der Waals surface area (Å²) in [6.07, 6.45) is 4.45. The maximum Gasteiger partial charge on any atom is 0.261 e. The molecule has 32 heavy (non-hydrogen) atoms. The van der Waals surface area contributed by atoms with Crippen molar-refractivity contribution in [2.45, 2.75) is 51.7 Å². The predicted octanol–water partition coefficient (Wildman–Crippen LogP) is 4.34. The van der Waals surface area contributed by atoms with Crippen molar-refractivity contribution >= 4 is 11.8 Å². The number of aryl methyl sites for hydroxylation is 1. The van der Waals surface area contributed by atoms with Gasteiger partial charge in [-0.25, -0.2) is 0 Å². The van der Waals surface area contributed by atoms with Crippen LogP contribution in [0.2, 0.25) is 0 Å². The van der Waals surface area contributed by atoms with Crippen LogP contribution < -0.4 is 10.1 Å². The molecule has 1 N–H and O–H groups in total. The molecule has 5 heteroatoms. The molecule has 0 bridgehead atoms. The van der Waals surface area contributed by atoms with Gasteiger partial charge in [-0.15, -0.1) is 6.58 Å². The lowest BCUT2D eigenvalue weighted by Gasteiger charge is -2.38. The Labute approximate surface area is 190 Å². The van der Waals surface area contributed by atoms with Crippen molar-refractivity contribution < 1.29 is 14.3 Å². The first-order chi connectivity index (χ1) is 15.5. The van der Waals surface area contributed by atoms with Crippen molar-refractivity contribution in [2.24, 2.45) is 5.92 Å². The molecule has 0 unspecified atom stereocenters. The highest BCUT2D eigenvalue weighted by Crippen LogP contribution is 2.41. The third-order valence-corrected chi connectivity index (χ3v) is 6.28. The maximum absolute atomic E-state index is 13.2. The van der Waals surface area contributed by atoms with Gasteiger partial charge < -0.3 is 15.0 Å². The van der Waals surface area contributed by atoms with E-state index in [4.69, 9.17) is 4.74 Å². The zero-order valence-corrected chi connectivity index (χ0v) is 19.0. The van der Waals surface area contributed by atoms with Gasteiger partial charge in [0.2, 0.25) is 5.91 Å². The van der Waals surface area contributed by atoms with Crippen LogP contribution in [0.1, 0.15) is 54.5 Å². The summed E-state index contributed by atoms with van der Waals surface area (Å²) in [5, 5.41) is 2.81. The smallest absolute Gasteiger partial charge is 0.261 e. The molecule has 1 saturated carbocycles. The number of ether oxygens (including phenoxy) is 1. The first-order valence-corrected chi connectivity index (χ1v) is 11.6. The molecule has 4 rings (SSSR count). The molecule has 2 aromatic rings. The van der Waals surface area contributed by atoms with E-state index in [0.29, 0.717) is 18.7 Å². The van der Waals surface area contributed by atoms with Crippen LogP contribution >= 0.6 is 0 Å². The third-order valence-electron chi connectivity index (χ3n) is 6.28. The predicted molar refractivity (Wildman–Crippen MR) is 126 cm³/mol. The number of carbonyl (C=O) groups is 2. The monoisotopic (exact) mass is 432 g/mol. The maximum atomic E-state index is 13.2. The van der Waals surface area contributed by atoms with E-state index < -0.39 is 6.10 Å². The molecule has 0 saturated heterocycles. The zero-order chi connectivity index (χ0) is 22.7. The van der Waals surface area contributed by atoms with Gasteiger partial charge in [-0.05, 0) is 61.4 Å².